The maximum absolute atomic E-state index is 11.7. The lowest BCUT2D eigenvalue weighted by Crippen LogP contribution is -2.33. The van der Waals surface area contributed by atoms with Crippen LogP contribution in [0.3, 0.4) is 0 Å². The third kappa shape index (κ3) is 4.12. The van der Waals surface area contributed by atoms with Crippen LogP contribution in [0.4, 0.5) is 0 Å². The van der Waals surface area contributed by atoms with Gasteiger partial charge in [0.1, 0.15) is 0 Å². The molecule has 6 heteroatoms. The second-order valence-corrected chi connectivity index (χ2v) is 5.18. The molecule has 0 atom stereocenters. The van der Waals surface area contributed by atoms with Gasteiger partial charge < -0.3 is 9.47 Å². The van der Waals surface area contributed by atoms with Gasteiger partial charge >= 0.3 is 0 Å². The van der Waals surface area contributed by atoms with Crippen LogP contribution in [0.2, 0.25) is 0 Å². The minimum atomic E-state index is -0.826. The molecule has 0 spiro atoms. The molecule has 1 amide bonds. The molecule has 2 rings (SSSR count). The van der Waals surface area contributed by atoms with Gasteiger partial charge in [-0.05, 0) is 13.0 Å². The van der Waals surface area contributed by atoms with Gasteiger partial charge in [-0.3, -0.25) is 4.79 Å². The highest BCUT2D eigenvalue weighted by molar-refractivity contribution is 9.10. The van der Waals surface area contributed by atoms with E-state index in [2.05, 4.69) is 26.5 Å². The highest BCUT2D eigenvalue weighted by Gasteiger charge is 2.33. The average molecular weight is 327 g/mol. The van der Waals surface area contributed by atoms with Crippen LogP contribution in [0.15, 0.2) is 33.8 Å². The maximum atomic E-state index is 11.7. The molecule has 0 aliphatic carbocycles. The first-order chi connectivity index (χ1) is 9.09. The lowest BCUT2D eigenvalue weighted by molar-refractivity contribution is -0.159. The van der Waals surface area contributed by atoms with E-state index in [-0.39, 0.29) is 12.3 Å². The first kappa shape index (κ1) is 14.2. The lowest BCUT2D eigenvalue weighted by Gasteiger charge is -2.20. The molecule has 0 bridgehead atoms. The zero-order chi connectivity index (χ0) is 13.7. The molecule has 1 heterocycles. The van der Waals surface area contributed by atoms with E-state index in [4.69, 9.17) is 9.47 Å². The van der Waals surface area contributed by atoms with E-state index in [9.17, 15) is 4.79 Å². The van der Waals surface area contributed by atoms with Crippen molar-refractivity contribution in [3.63, 3.8) is 0 Å². The number of hydrogen-bond donors (Lipinski definition) is 1. The number of hydrazone groups is 1. The molecule has 1 aromatic carbocycles. The molecule has 102 valence electrons. The minimum absolute atomic E-state index is 0.125. The molecule has 1 aliphatic heterocycles. The summed E-state index contributed by atoms with van der Waals surface area (Å²) >= 11 is 3.40. The summed E-state index contributed by atoms with van der Waals surface area (Å²) in [7, 11) is 0. The quantitative estimate of drug-likeness (QED) is 0.680. The topological polar surface area (TPSA) is 59.9 Å². The molecule has 5 nitrogen and oxygen atoms in total. The molecule has 0 saturated carbocycles. The molecule has 1 fully saturated rings. The molecule has 1 aliphatic rings. The number of carbonyl (C=O) groups excluding carboxylic acids is 1. The van der Waals surface area contributed by atoms with E-state index in [1.54, 1.807) is 13.1 Å². The number of benzene rings is 1. The van der Waals surface area contributed by atoms with E-state index in [0.717, 1.165) is 10.0 Å². The van der Waals surface area contributed by atoms with Crippen molar-refractivity contribution in [3.8, 4) is 0 Å². The fourth-order valence-electron chi connectivity index (χ4n) is 1.74. The van der Waals surface area contributed by atoms with E-state index in [1.807, 2.05) is 24.3 Å². The summed E-state index contributed by atoms with van der Waals surface area (Å²) in [5.74, 6) is -1.07. The summed E-state index contributed by atoms with van der Waals surface area (Å²) in [5, 5.41) is 3.91. The Labute approximate surface area is 120 Å². The van der Waals surface area contributed by atoms with Gasteiger partial charge in [0.2, 0.25) is 5.91 Å². The van der Waals surface area contributed by atoms with Crippen molar-refractivity contribution in [1.29, 1.82) is 0 Å². The first-order valence-electron chi connectivity index (χ1n) is 5.93. The molecule has 19 heavy (non-hydrogen) atoms. The number of carbonyl (C=O) groups is 1. The second kappa shape index (κ2) is 6.27. The van der Waals surface area contributed by atoms with Crippen LogP contribution < -0.4 is 5.43 Å². The van der Waals surface area contributed by atoms with Crippen molar-refractivity contribution in [2.45, 2.75) is 19.1 Å². The van der Waals surface area contributed by atoms with Gasteiger partial charge in [-0.15, -0.1) is 0 Å². The van der Waals surface area contributed by atoms with Gasteiger partial charge in [0, 0.05) is 10.0 Å². The molecular weight excluding hydrogens is 312 g/mol. The Morgan fingerprint density at radius 3 is 2.84 bits per heavy atom. The maximum Gasteiger partial charge on any atom is 0.245 e. The van der Waals surface area contributed by atoms with Crippen LogP contribution in [0, 0.1) is 0 Å². The summed E-state index contributed by atoms with van der Waals surface area (Å²) in [6.07, 6.45) is 1.71. The zero-order valence-corrected chi connectivity index (χ0v) is 12.1. The lowest BCUT2D eigenvalue weighted by atomic mass is 10.2. The number of rotatable bonds is 4. The zero-order valence-electron chi connectivity index (χ0n) is 10.6. The second-order valence-electron chi connectivity index (χ2n) is 4.32. The number of nitrogens with zero attached hydrogens (tertiary/aromatic N) is 1. The van der Waals surface area contributed by atoms with E-state index < -0.39 is 5.79 Å². The van der Waals surface area contributed by atoms with Gasteiger partial charge in [-0.25, -0.2) is 5.43 Å². The Hall–Kier alpha value is -1.24. The molecule has 1 aromatic rings. The van der Waals surface area contributed by atoms with E-state index in [1.165, 1.54) is 0 Å². The van der Waals surface area contributed by atoms with Gasteiger partial charge in [0.05, 0.1) is 25.8 Å². The Morgan fingerprint density at radius 1 is 1.47 bits per heavy atom. The predicted molar refractivity (Wildman–Crippen MR) is 74.8 cm³/mol. The Bertz CT molecular complexity index is 485. The normalized spacial score (nSPS) is 17.8. The SMILES string of the molecule is CC1(CC(=O)NN=Cc2ccccc2Br)OCCO1. The Kier molecular flexibility index (Phi) is 4.68. The van der Waals surface area contributed by atoms with Crippen LogP contribution in [0.1, 0.15) is 18.9 Å². The number of amides is 1. The molecule has 1 saturated heterocycles. The Balaban J connectivity index is 1.85. The van der Waals surface area contributed by atoms with Gasteiger partial charge in [-0.2, -0.15) is 5.10 Å². The van der Waals surface area contributed by atoms with Gasteiger partial charge in [0.25, 0.3) is 0 Å². The minimum Gasteiger partial charge on any atom is -0.347 e. The van der Waals surface area contributed by atoms with Gasteiger partial charge in [0.15, 0.2) is 5.79 Å². The van der Waals surface area contributed by atoms with E-state index in [0.29, 0.717) is 13.2 Å². The summed E-state index contributed by atoms with van der Waals surface area (Å²) in [4.78, 5) is 11.7. The molecular formula is C13H15BrN2O3. The van der Waals surface area contributed by atoms with Crippen LogP contribution in [0.25, 0.3) is 0 Å². The fraction of sp³-hybridized carbons (Fsp3) is 0.385. The smallest absolute Gasteiger partial charge is 0.245 e. The summed E-state index contributed by atoms with van der Waals surface area (Å²) in [6, 6.07) is 7.61. The van der Waals surface area contributed by atoms with Crippen LogP contribution in [0.5, 0.6) is 0 Å². The van der Waals surface area contributed by atoms with Crippen molar-refractivity contribution in [1.82, 2.24) is 5.43 Å². The molecule has 0 radical (unpaired) electrons. The first-order valence-corrected chi connectivity index (χ1v) is 6.73. The summed E-state index contributed by atoms with van der Waals surface area (Å²) in [5.41, 5.74) is 3.35. The van der Waals surface area contributed by atoms with Crippen LogP contribution in [-0.4, -0.2) is 31.1 Å². The molecule has 0 aromatic heterocycles. The number of halogens is 1. The number of ether oxygens (including phenoxy) is 2. The molecule has 0 unspecified atom stereocenters. The van der Waals surface area contributed by atoms with Crippen LogP contribution >= 0.6 is 15.9 Å². The van der Waals surface area contributed by atoms with Crippen molar-refractivity contribution in [2.75, 3.05) is 13.2 Å². The highest BCUT2D eigenvalue weighted by atomic mass is 79.9. The van der Waals surface area contributed by atoms with Crippen molar-refractivity contribution in [3.05, 3.63) is 34.3 Å². The average Bonchev–Trinajstić information content (AvgIpc) is 2.78. The van der Waals surface area contributed by atoms with Crippen LogP contribution in [-0.2, 0) is 14.3 Å². The van der Waals surface area contributed by atoms with Crippen molar-refractivity contribution in [2.24, 2.45) is 5.10 Å². The third-order valence-corrected chi connectivity index (χ3v) is 3.40. The number of hydrogen-bond acceptors (Lipinski definition) is 4. The van der Waals surface area contributed by atoms with Crippen molar-refractivity contribution < 1.29 is 14.3 Å². The fourth-order valence-corrected chi connectivity index (χ4v) is 2.13. The molecule has 1 N–H and O–H groups in total. The third-order valence-electron chi connectivity index (χ3n) is 2.68. The highest BCUT2D eigenvalue weighted by Crippen LogP contribution is 2.22. The standard InChI is InChI=1S/C13H15BrN2O3/c1-13(18-6-7-19-13)8-12(17)16-15-9-10-4-2-3-5-11(10)14/h2-5,9H,6-8H2,1H3,(H,16,17). The van der Waals surface area contributed by atoms with E-state index >= 15 is 0 Å². The van der Waals surface area contributed by atoms with Crippen molar-refractivity contribution >= 4 is 28.1 Å². The summed E-state index contributed by atoms with van der Waals surface area (Å²) in [6.45, 7) is 2.78. The predicted octanol–water partition coefficient (Wildman–Crippen LogP) is 2.05. The monoisotopic (exact) mass is 326 g/mol. The Morgan fingerprint density at radius 2 is 2.16 bits per heavy atom. The van der Waals surface area contributed by atoms with Gasteiger partial charge in [-0.1, -0.05) is 34.1 Å². The number of nitrogens with one attached hydrogen (secondary N) is 1. The largest absolute Gasteiger partial charge is 0.347 e. The summed E-state index contributed by atoms with van der Waals surface area (Å²) < 4.78 is 11.6.